The van der Waals surface area contributed by atoms with E-state index in [1.54, 1.807) is 18.2 Å². The zero-order valence-corrected chi connectivity index (χ0v) is 10.6. The zero-order chi connectivity index (χ0) is 13.8. The number of halogens is 2. The molecule has 0 radical (unpaired) electrons. The van der Waals surface area contributed by atoms with Crippen LogP contribution in [0.3, 0.4) is 0 Å². The second-order valence-electron chi connectivity index (χ2n) is 3.95. The molecule has 0 saturated heterocycles. The third kappa shape index (κ3) is 3.23. The Kier molecular flexibility index (Phi) is 4.02. The summed E-state index contributed by atoms with van der Waals surface area (Å²) in [6, 6.07) is 10.8. The van der Waals surface area contributed by atoms with Crippen LogP contribution in [0.15, 0.2) is 42.5 Å². The molecule has 2 N–H and O–H groups in total. The van der Waals surface area contributed by atoms with Gasteiger partial charge in [0.1, 0.15) is 5.82 Å². The third-order valence-electron chi connectivity index (χ3n) is 2.63. The lowest BCUT2D eigenvalue weighted by atomic mass is 10.1. The van der Waals surface area contributed by atoms with Gasteiger partial charge in [-0.3, -0.25) is 0 Å². The van der Waals surface area contributed by atoms with Crippen molar-refractivity contribution in [3.63, 3.8) is 0 Å². The fraction of sp³-hybridized carbons (Fsp3) is 0.0714. The molecular weight excluding hydrogens is 269 g/mol. The van der Waals surface area contributed by atoms with Crippen molar-refractivity contribution in [2.45, 2.75) is 6.54 Å². The summed E-state index contributed by atoms with van der Waals surface area (Å²) in [5, 5.41) is 12.0. The van der Waals surface area contributed by atoms with Gasteiger partial charge in [0.25, 0.3) is 0 Å². The Balaban J connectivity index is 2.08. The first kappa shape index (κ1) is 13.4. The van der Waals surface area contributed by atoms with Crippen LogP contribution in [0.4, 0.5) is 10.1 Å². The molecule has 0 heterocycles. The first-order chi connectivity index (χ1) is 9.08. The first-order valence-corrected chi connectivity index (χ1v) is 5.96. The molecule has 0 aliphatic heterocycles. The number of benzene rings is 2. The fourth-order valence-electron chi connectivity index (χ4n) is 1.62. The highest BCUT2D eigenvalue weighted by molar-refractivity contribution is 6.33. The quantitative estimate of drug-likeness (QED) is 0.895. The summed E-state index contributed by atoms with van der Waals surface area (Å²) in [5.41, 5.74) is 1.29. The SMILES string of the molecule is O=C(O)c1ccc(CNc2c(F)cccc2Cl)cc1. The molecule has 0 aliphatic rings. The molecule has 0 saturated carbocycles. The number of aromatic carboxylic acids is 1. The van der Waals surface area contributed by atoms with Gasteiger partial charge in [0.2, 0.25) is 0 Å². The maximum atomic E-state index is 13.5. The van der Waals surface area contributed by atoms with Gasteiger partial charge in [-0.1, -0.05) is 29.8 Å². The molecule has 0 atom stereocenters. The summed E-state index contributed by atoms with van der Waals surface area (Å²) in [5.74, 6) is -1.40. The number of hydrogen-bond acceptors (Lipinski definition) is 2. The van der Waals surface area contributed by atoms with Crippen LogP contribution < -0.4 is 5.32 Å². The lowest BCUT2D eigenvalue weighted by molar-refractivity contribution is 0.0697. The van der Waals surface area contributed by atoms with E-state index in [0.29, 0.717) is 11.6 Å². The molecule has 19 heavy (non-hydrogen) atoms. The second kappa shape index (κ2) is 5.71. The Labute approximate surface area is 114 Å². The summed E-state index contributed by atoms with van der Waals surface area (Å²) >= 11 is 5.88. The smallest absolute Gasteiger partial charge is 0.335 e. The minimum Gasteiger partial charge on any atom is -0.478 e. The molecule has 0 fully saturated rings. The molecule has 2 aromatic rings. The van der Waals surface area contributed by atoms with Gasteiger partial charge in [-0.15, -0.1) is 0 Å². The molecule has 0 aromatic heterocycles. The number of nitrogens with one attached hydrogen (secondary N) is 1. The van der Waals surface area contributed by atoms with Crippen LogP contribution in [0.2, 0.25) is 5.02 Å². The Bertz CT molecular complexity index is 579. The van der Waals surface area contributed by atoms with Crippen LogP contribution in [-0.4, -0.2) is 11.1 Å². The van der Waals surface area contributed by atoms with E-state index in [0.717, 1.165) is 5.56 Å². The van der Waals surface area contributed by atoms with E-state index >= 15 is 0 Å². The average Bonchev–Trinajstić information content (AvgIpc) is 2.38. The van der Waals surface area contributed by atoms with Crippen molar-refractivity contribution in [3.05, 3.63) is 64.4 Å². The van der Waals surface area contributed by atoms with Crippen molar-refractivity contribution in [2.24, 2.45) is 0 Å². The topological polar surface area (TPSA) is 49.3 Å². The molecule has 0 aliphatic carbocycles. The van der Waals surface area contributed by atoms with Gasteiger partial charge in [-0.2, -0.15) is 0 Å². The highest BCUT2D eigenvalue weighted by Crippen LogP contribution is 2.25. The molecule has 2 rings (SSSR count). The van der Waals surface area contributed by atoms with Crippen LogP contribution in [0, 0.1) is 5.82 Å². The molecule has 5 heteroatoms. The van der Waals surface area contributed by atoms with Crippen LogP contribution in [0.1, 0.15) is 15.9 Å². The lowest BCUT2D eigenvalue weighted by Gasteiger charge is -2.09. The standard InChI is InChI=1S/C14H11ClFNO2/c15-11-2-1-3-12(16)13(11)17-8-9-4-6-10(7-5-9)14(18)19/h1-7,17H,8H2,(H,18,19). The number of para-hydroxylation sites is 1. The summed E-state index contributed by atoms with van der Waals surface area (Å²) in [6.45, 7) is 0.362. The number of carboxylic acid groups (broad SMARTS) is 1. The predicted molar refractivity (Wildman–Crippen MR) is 72.1 cm³/mol. The number of carbonyl (C=O) groups is 1. The first-order valence-electron chi connectivity index (χ1n) is 5.58. The van der Waals surface area contributed by atoms with Crippen LogP contribution >= 0.6 is 11.6 Å². The molecule has 2 aromatic carbocycles. The van der Waals surface area contributed by atoms with Gasteiger partial charge >= 0.3 is 5.97 Å². The summed E-state index contributed by atoms with van der Waals surface area (Å²) in [7, 11) is 0. The molecule has 3 nitrogen and oxygen atoms in total. The van der Waals surface area contributed by atoms with Gasteiger partial charge in [-0.25, -0.2) is 9.18 Å². The Hall–Kier alpha value is -2.07. The Morgan fingerprint density at radius 3 is 2.47 bits per heavy atom. The van der Waals surface area contributed by atoms with Crippen LogP contribution in [-0.2, 0) is 6.54 Å². The normalized spacial score (nSPS) is 10.2. The number of rotatable bonds is 4. The lowest BCUT2D eigenvalue weighted by Crippen LogP contribution is -2.03. The summed E-state index contributed by atoms with van der Waals surface area (Å²) in [4.78, 5) is 10.7. The van der Waals surface area contributed by atoms with E-state index in [1.165, 1.54) is 24.3 Å². The fourth-order valence-corrected chi connectivity index (χ4v) is 1.85. The molecule has 0 spiro atoms. The van der Waals surface area contributed by atoms with E-state index in [4.69, 9.17) is 16.7 Å². The molecule has 0 bridgehead atoms. The minimum atomic E-state index is -0.975. The average molecular weight is 280 g/mol. The van der Waals surface area contributed by atoms with Gasteiger partial charge < -0.3 is 10.4 Å². The summed E-state index contributed by atoms with van der Waals surface area (Å²) < 4.78 is 13.5. The number of hydrogen-bond donors (Lipinski definition) is 2. The van der Waals surface area contributed by atoms with E-state index in [9.17, 15) is 9.18 Å². The monoisotopic (exact) mass is 279 g/mol. The number of carboxylic acids is 1. The van der Waals surface area contributed by atoms with Crippen molar-refractivity contribution >= 4 is 23.3 Å². The van der Waals surface area contributed by atoms with Gasteiger partial charge in [0.05, 0.1) is 16.3 Å². The molecule has 98 valence electrons. The number of anilines is 1. The molecule has 0 amide bonds. The van der Waals surface area contributed by atoms with E-state index in [-0.39, 0.29) is 11.3 Å². The van der Waals surface area contributed by atoms with Crippen molar-refractivity contribution in [2.75, 3.05) is 5.32 Å². The van der Waals surface area contributed by atoms with E-state index in [1.807, 2.05) is 0 Å². The third-order valence-corrected chi connectivity index (χ3v) is 2.95. The van der Waals surface area contributed by atoms with Gasteiger partial charge in [0, 0.05) is 6.54 Å². The Morgan fingerprint density at radius 2 is 1.89 bits per heavy atom. The van der Waals surface area contributed by atoms with Crippen molar-refractivity contribution in [3.8, 4) is 0 Å². The van der Waals surface area contributed by atoms with Crippen molar-refractivity contribution in [1.82, 2.24) is 0 Å². The van der Waals surface area contributed by atoms with Gasteiger partial charge in [-0.05, 0) is 29.8 Å². The largest absolute Gasteiger partial charge is 0.478 e. The molecular formula is C14H11ClFNO2. The van der Waals surface area contributed by atoms with E-state index < -0.39 is 11.8 Å². The second-order valence-corrected chi connectivity index (χ2v) is 4.36. The van der Waals surface area contributed by atoms with E-state index in [2.05, 4.69) is 5.32 Å². The van der Waals surface area contributed by atoms with Crippen molar-refractivity contribution in [1.29, 1.82) is 0 Å². The van der Waals surface area contributed by atoms with Gasteiger partial charge in [0.15, 0.2) is 0 Å². The summed E-state index contributed by atoms with van der Waals surface area (Å²) in [6.07, 6.45) is 0. The maximum absolute atomic E-state index is 13.5. The van der Waals surface area contributed by atoms with Crippen molar-refractivity contribution < 1.29 is 14.3 Å². The minimum absolute atomic E-state index is 0.215. The zero-order valence-electron chi connectivity index (χ0n) is 9.86. The highest BCUT2D eigenvalue weighted by Gasteiger charge is 2.06. The predicted octanol–water partition coefficient (Wildman–Crippen LogP) is 3.79. The highest BCUT2D eigenvalue weighted by atomic mass is 35.5. The Morgan fingerprint density at radius 1 is 1.21 bits per heavy atom. The van der Waals surface area contributed by atoms with Crippen LogP contribution in [0.5, 0.6) is 0 Å². The van der Waals surface area contributed by atoms with Crippen LogP contribution in [0.25, 0.3) is 0 Å². The maximum Gasteiger partial charge on any atom is 0.335 e. The molecule has 0 unspecified atom stereocenters.